The Balaban J connectivity index is 1.94. The number of rotatable bonds is 2. The molecule has 112 valence electrons. The van der Waals surface area contributed by atoms with Crippen LogP contribution in [0, 0.1) is 10.1 Å². The topological polar surface area (TPSA) is 66.7 Å². The van der Waals surface area contributed by atoms with Crippen molar-refractivity contribution < 1.29 is 9.72 Å². The van der Waals surface area contributed by atoms with Gasteiger partial charge in [-0.15, -0.1) is 0 Å². The molecule has 0 aromatic heterocycles. The molecule has 1 fully saturated rings. The highest BCUT2D eigenvalue weighted by molar-refractivity contribution is 6.05. The Kier molecular flexibility index (Phi) is 3.41. The number of nitro groups is 1. The van der Waals surface area contributed by atoms with E-state index in [0.717, 1.165) is 37.2 Å². The third kappa shape index (κ3) is 2.29. The molecule has 1 aromatic rings. The quantitative estimate of drug-likeness (QED) is 0.618. The lowest BCUT2D eigenvalue weighted by Gasteiger charge is -2.35. The van der Waals surface area contributed by atoms with Crippen LogP contribution in [0.1, 0.15) is 31.2 Å². The zero-order valence-corrected chi connectivity index (χ0v) is 12.3. The van der Waals surface area contributed by atoms with Gasteiger partial charge in [0, 0.05) is 23.9 Å². The van der Waals surface area contributed by atoms with E-state index in [9.17, 15) is 14.9 Å². The minimum Gasteiger partial charge on any atom is -0.308 e. The predicted molar refractivity (Wildman–Crippen MR) is 79.5 cm³/mol. The number of benzene rings is 1. The molecule has 1 saturated heterocycles. The van der Waals surface area contributed by atoms with Crippen LogP contribution in [0.5, 0.6) is 0 Å². The molecule has 3 rings (SSSR count). The summed E-state index contributed by atoms with van der Waals surface area (Å²) < 4.78 is 0. The fourth-order valence-corrected chi connectivity index (χ4v) is 3.31. The fourth-order valence-electron chi connectivity index (χ4n) is 3.31. The second kappa shape index (κ2) is 5.11. The van der Waals surface area contributed by atoms with E-state index in [4.69, 9.17) is 0 Å². The van der Waals surface area contributed by atoms with E-state index in [0.29, 0.717) is 0 Å². The number of nitrogens with zero attached hydrogens (tertiary/aromatic N) is 3. The van der Waals surface area contributed by atoms with Crippen molar-refractivity contribution in [3.63, 3.8) is 0 Å². The minimum absolute atomic E-state index is 0.0543. The lowest BCUT2D eigenvalue weighted by Crippen LogP contribution is -2.45. The summed E-state index contributed by atoms with van der Waals surface area (Å²) in [6, 6.07) is 4.98. The van der Waals surface area contributed by atoms with Gasteiger partial charge in [0.05, 0.1) is 10.8 Å². The smallest absolute Gasteiger partial charge is 0.269 e. The van der Waals surface area contributed by atoms with Crippen molar-refractivity contribution in [2.75, 3.05) is 25.0 Å². The Morgan fingerprint density at radius 2 is 1.95 bits per heavy atom. The van der Waals surface area contributed by atoms with Crippen LogP contribution in [0.4, 0.5) is 11.4 Å². The molecule has 1 amide bonds. The summed E-state index contributed by atoms with van der Waals surface area (Å²) >= 11 is 0. The Morgan fingerprint density at radius 3 is 2.57 bits per heavy atom. The second-order valence-electron chi connectivity index (χ2n) is 5.96. The fraction of sp³-hybridized carbons (Fsp3) is 0.533. The molecule has 0 unspecified atom stereocenters. The summed E-state index contributed by atoms with van der Waals surface area (Å²) in [5, 5.41) is 10.9. The third-order valence-electron chi connectivity index (χ3n) is 4.61. The maximum Gasteiger partial charge on any atom is 0.269 e. The van der Waals surface area contributed by atoms with Gasteiger partial charge in [-0.3, -0.25) is 14.9 Å². The van der Waals surface area contributed by atoms with E-state index < -0.39 is 4.92 Å². The summed E-state index contributed by atoms with van der Waals surface area (Å²) in [5.41, 5.74) is 1.69. The number of amides is 1. The molecule has 2 aliphatic heterocycles. The third-order valence-corrected chi connectivity index (χ3v) is 4.61. The molecule has 1 aromatic carbocycles. The average Bonchev–Trinajstić information content (AvgIpc) is 2.72. The Labute approximate surface area is 123 Å². The highest BCUT2D eigenvalue weighted by Gasteiger charge is 2.39. The van der Waals surface area contributed by atoms with Gasteiger partial charge in [0.2, 0.25) is 5.91 Å². The standard InChI is InChI=1S/C15H19N3O3/c1-10-13-9-12(18(20)21)3-4-14(13)17(15(10)19)11-5-7-16(2)8-6-11/h3-4,9-11H,5-8H2,1-2H3/t10-/m0/s1. The maximum absolute atomic E-state index is 12.6. The predicted octanol–water partition coefficient (Wildman–Crippen LogP) is 2.14. The van der Waals surface area contributed by atoms with Crippen molar-refractivity contribution >= 4 is 17.3 Å². The van der Waals surface area contributed by atoms with Crippen LogP contribution in [0.2, 0.25) is 0 Å². The number of piperidine rings is 1. The van der Waals surface area contributed by atoms with Crippen molar-refractivity contribution in [2.24, 2.45) is 0 Å². The van der Waals surface area contributed by atoms with Gasteiger partial charge < -0.3 is 9.80 Å². The number of hydrogen-bond acceptors (Lipinski definition) is 4. The lowest BCUT2D eigenvalue weighted by molar-refractivity contribution is -0.384. The van der Waals surface area contributed by atoms with Gasteiger partial charge in [-0.05, 0) is 51.5 Å². The van der Waals surface area contributed by atoms with Gasteiger partial charge in [0.15, 0.2) is 0 Å². The van der Waals surface area contributed by atoms with Crippen molar-refractivity contribution in [3.05, 3.63) is 33.9 Å². The number of hydrogen-bond donors (Lipinski definition) is 0. The number of non-ortho nitro benzene ring substituents is 1. The van der Waals surface area contributed by atoms with Crippen molar-refractivity contribution in [3.8, 4) is 0 Å². The molecule has 0 N–H and O–H groups in total. The van der Waals surface area contributed by atoms with E-state index >= 15 is 0 Å². The molecule has 0 radical (unpaired) electrons. The van der Waals surface area contributed by atoms with Crippen LogP contribution in [0.3, 0.4) is 0 Å². The van der Waals surface area contributed by atoms with Gasteiger partial charge in [-0.2, -0.15) is 0 Å². The SMILES string of the molecule is C[C@@H]1C(=O)N(C2CCN(C)CC2)c2ccc([N+](=O)[O-])cc21. The molecule has 21 heavy (non-hydrogen) atoms. The highest BCUT2D eigenvalue weighted by atomic mass is 16.6. The molecular formula is C15H19N3O3. The van der Waals surface area contributed by atoms with Gasteiger partial charge in [-0.1, -0.05) is 0 Å². The number of nitro benzene ring substituents is 1. The van der Waals surface area contributed by atoms with Crippen LogP contribution in [0.25, 0.3) is 0 Å². The number of carbonyl (C=O) groups is 1. The lowest BCUT2D eigenvalue weighted by atomic mass is 10.0. The molecule has 6 heteroatoms. The van der Waals surface area contributed by atoms with Crippen LogP contribution < -0.4 is 4.90 Å². The van der Waals surface area contributed by atoms with Gasteiger partial charge in [0.25, 0.3) is 5.69 Å². The molecule has 2 heterocycles. The van der Waals surface area contributed by atoms with Crippen molar-refractivity contribution in [2.45, 2.75) is 31.7 Å². The van der Waals surface area contributed by atoms with Gasteiger partial charge in [-0.25, -0.2) is 0 Å². The first-order valence-corrected chi connectivity index (χ1v) is 7.29. The highest BCUT2D eigenvalue weighted by Crippen LogP contribution is 2.41. The normalized spacial score (nSPS) is 23.4. The van der Waals surface area contributed by atoms with Gasteiger partial charge >= 0.3 is 0 Å². The summed E-state index contributed by atoms with van der Waals surface area (Å²) in [7, 11) is 2.09. The summed E-state index contributed by atoms with van der Waals surface area (Å²) in [6.07, 6.45) is 1.90. The molecule has 6 nitrogen and oxygen atoms in total. The van der Waals surface area contributed by atoms with E-state index in [1.54, 1.807) is 12.1 Å². The maximum atomic E-state index is 12.6. The molecule has 0 bridgehead atoms. The van der Waals surface area contributed by atoms with Crippen molar-refractivity contribution in [1.82, 2.24) is 4.90 Å². The van der Waals surface area contributed by atoms with Crippen LogP contribution in [-0.4, -0.2) is 41.9 Å². The number of anilines is 1. The molecule has 0 spiro atoms. The van der Waals surface area contributed by atoms with Crippen LogP contribution >= 0.6 is 0 Å². The molecule has 0 saturated carbocycles. The number of carbonyl (C=O) groups excluding carboxylic acids is 1. The minimum atomic E-state index is -0.407. The Morgan fingerprint density at radius 1 is 1.29 bits per heavy atom. The Bertz CT molecular complexity index is 594. The van der Waals surface area contributed by atoms with E-state index in [1.165, 1.54) is 6.07 Å². The molecular weight excluding hydrogens is 270 g/mol. The van der Waals surface area contributed by atoms with Crippen molar-refractivity contribution in [1.29, 1.82) is 0 Å². The first-order valence-electron chi connectivity index (χ1n) is 7.29. The molecule has 2 aliphatic rings. The zero-order valence-electron chi connectivity index (χ0n) is 12.3. The summed E-state index contributed by atoms with van der Waals surface area (Å²) in [6.45, 7) is 3.79. The summed E-state index contributed by atoms with van der Waals surface area (Å²) in [4.78, 5) is 27.2. The average molecular weight is 289 g/mol. The zero-order chi connectivity index (χ0) is 15.1. The first kappa shape index (κ1) is 14.0. The molecule has 0 aliphatic carbocycles. The summed E-state index contributed by atoms with van der Waals surface area (Å²) in [5.74, 6) is -0.223. The van der Waals surface area contributed by atoms with Crippen LogP contribution in [0.15, 0.2) is 18.2 Å². The van der Waals surface area contributed by atoms with Gasteiger partial charge in [0.1, 0.15) is 0 Å². The molecule has 1 atom stereocenters. The van der Waals surface area contributed by atoms with E-state index in [1.807, 2.05) is 11.8 Å². The largest absolute Gasteiger partial charge is 0.308 e. The van der Waals surface area contributed by atoms with Crippen LogP contribution in [-0.2, 0) is 4.79 Å². The second-order valence-corrected chi connectivity index (χ2v) is 5.96. The van der Waals surface area contributed by atoms with E-state index in [2.05, 4.69) is 11.9 Å². The number of likely N-dealkylation sites (tertiary alicyclic amines) is 1. The first-order chi connectivity index (χ1) is 9.99. The van der Waals surface area contributed by atoms with E-state index in [-0.39, 0.29) is 23.6 Å². The Hall–Kier alpha value is -1.95. The number of fused-ring (bicyclic) bond motifs is 1. The monoisotopic (exact) mass is 289 g/mol.